The number of rotatable bonds is 13. The third-order valence-electron chi connectivity index (χ3n) is 3.52. The number of unbranched alkanes of at least 4 members (excludes halogenated alkanes) is 5. The van der Waals surface area contributed by atoms with E-state index in [1.54, 1.807) is 0 Å². The van der Waals surface area contributed by atoms with Crippen molar-refractivity contribution in [3.8, 4) is 0 Å². The minimum atomic E-state index is -0.713. The van der Waals surface area contributed by atoms with Gasteiger partial charge in [-0.25, -0.2) is 0 Å². The highest BCUT2D eigenvalue weighted by atomic mass is 16.4. The van der Waals surface area contributed by atoms with Gasteiger partial charge in [0.1, 0.15) is 0 Å². The summed E-state index contributed by atoms with van der Waals surface area (Å²) in [5.41, 5.74) is 0. The van der Waals surface area contributed by atoms with Crippen molar-refractivity contribution in [1.82, 2.24) is 0 Å². The summed E-state index contributed by atoms with van der Waals surface area (Å²) in [6, 6.07) is 0. The molecule has 20 heavy (non-hydrogen) atoms. The standard InChI is InChI=1S/C16H30O4/c1-13(2)11-14(12-16(19)20)9-7-5-3-4-6-8-10-15(17)18/h13-14H,3-12H2,1-2H3,(H,17,18)(H,19,20). The molecule has 118 valence electrons. The number of carbonyl (C=O) groups is 2. The topological polar surface area (TPSA) is 74.6 Å². The highest BCUT2D eigenvalue weighted by Crippen LogP contribution is 2.22. The Balaban J connectivity index is 3.57. The molecule has 0 aromatic heterocycles. The van der Waals surface area contributed by atoms with Crippen LogP contribution in [0.5, 0.6) is 0 Å². The summed E-state index contributed by atoms with van der Waals surface area (Å²) < 4.78 is 0. The lowest BCUT2D eigenvalue weighted by molar-refractivity contribution is -0.138. The van der Waals surface area contributed by atoms with E-state index in [1.165, 1.54) is 0 Å². The van der Waals surface area contributed by atoms with Crippen LogP contribution >= 0.6 is 0 Å². The van der Waals surface area contributed by atoms with Crippen molar-refractivity contribution >= 4 is 11.9 Å². The maximum atomic E-state index is 10.8. The Bertz CT molecular complexity index is 274. The number of aliphatic carboxylic acids is 2. The van der Waals surface area contributed by atoms with Gasteiger partial charge in [0.25, 0.3) is 0 Å². The van der Waals surface area contributed by atoms with Crippen LogP contribution in [0.25, 0.3) is 0 Å². The molecule has 0 fully saturated rings. The molecule has 0 radical (unpaired) electrons. The predicted molar refractivity (Wildman–Crippen MR) is 79.8 cm³/mol. The lowest BCUT2D eigenvalue weighted by atomic mass is 9.89. The summed E-state index contributed by atoms with van der Waals surface area (Å²) >= 11 is 0. The average Bonchev–Trinajstić information content (AvgIpc) is 2.30. The van der Waals surface area contributed by atoms with E-state index < -0.39 is 11.9 Å². The quantitative estimate of drug-likeness (QED) is 0.494. The highest BCUT2D eigenvalue weighted by Gasteiger charge is 2.14. The molecule has 0 bridgehead atoms. The molecule has 0 aliphatic heterocycles. The Morgan fingerprint density at radius 3 is 1.90 bits per heavy atom. The van der Waals surface area contributed by atoms with Gasteiger partial charge in [-0.05, 0) is 31.1 Å². The second-order valence-electron chi connectivity index (χ2n) is 6.15. The van der Waals surface area contributed by atoms with Crippen molar-refractivity contribution in [2.45, 2.75) is 78.1 Å². The van der Waals surface area contributed by atoms with Gasteiger partial charge in [0.05, 0.1) is 0 Å². The molecule has 0 rings (SSSR count). The van der Waals surface area contributed by atoms with Crippen molar-refractivity contribution in [3.05, 3.63) is 0 Å². The molecular weight excluding hydrogens is 256 g/mol. The van der Waals surface area contributed by atoms with Gasteiger partial charge < -0.3 is 10.2 Å². The van der Waals surface area contributed by atoms with Gasteiger partial charge in [-0.3, -0.25) is 9.59 Å². The van der Waals surface area contributed by atoms with Crippen LogP contribution in [0, 0.1) is 11.8 Å². The zero-order valence-corrected chi connectivity index (χ0v) is 12.9. The predicted octanol–water partition coefficient (Wildman–Crippen LogP) is 4.33. The minimum absolute atomic E-state index is 0.273. The van der Waals surface area contributed by atoms with Gasteiger partial charge in [0.15, 0.2) is 0 Å². The molecule has 4 heteroatoms. The Morgan fingerprint density at radius 2 is 1.40 bits per heavy atom. The number of hydrogen-bond acceptors (Lipinski definition) is 2. The van der Waals surface area contributed by atoms with Gasteiger partial charge in [-0.2, -0.15) is 0 Å². The second kappa shape index (κ2) is 11.7. The summed E-state index contributed by atoms with van der Waals surface area (Å²) in [7, 11) is 0. The van der Waals surface area contributed by atoms with Gasteiger partial charge in [-0.1, -0.05) is 46.0 Å². The first kappa shape index (κ1) is 18.9. The summed E-state index contributed by atoms with van der Waals surface area (Å²) in [6.07, 6.45) is 8.73. The third kappa shape index (κ3) is 13.4. The van der Waals surface area contributed by atoms with Gasteiger partial charge in [0, 0.05) is 12.8 Å². The molecule has 0 aromatic rings. The molecule has 0 aliphatic carbocycles. The van der Waals surface area contributed by atoms with E-state index in [1.807, 2.05) is 0 Å². The summed E-state index contributed by atoms with van der Waals surface area (Å²) in [5, 5.41) is 17.4. The first-order valence-corrected chi connectivity index (χ1v) is 7.85. The monoisotopic (exact) mass is 286 g/mol. The minimum Gasteiger partial charge on any atom is -0.481 e. The molecule has 0 spiro atoms. The Labute approximate surface area is 122 Å². The molecule has 2 N–H and O–H groups in total. The van der Waals surface area contributed by atoms with Crippen molar-refractivity contribution in [3.63, 3.8) is 0 Å². The molecule has 0 aromatic carbocycles. The zero-order chi connectivity index (χ0) is 15.4. The molecule has 0 amide bonds. The average molecular weight is 286 g/mol. The molecule has 1 unspecified atom stereocenters. The zero-order valence-electron chi connectivity index (χ0n) is 12.9. The van der Waals surface area contributed by atoms with Crippen LogP contribution in [0.15, 0.2) is 0 Å². The van der Waals surface area contributed by atoms with E-state index in [-0.39, 0.29) is 12.8 Å². The molecule has 0 aliphatic rings. The van der Waals surface area contributed by atoms with E-state index in [0.29, 0.717) is 11.8 Å². The smallest absolute Gasteiger partial charge is 0.303 e. The largest absolute Gasteiger partial charge is 0.481 e. The van der Waals surface area contributed by atoms with Crippen LogP contribution in [0.3, 0.4) is 0 Å². The Kier molecular flexibility index (Phi) is 11.1. The Morgan fingerprint density at radius 1 is 0.850 bits per heavy atom. The molecule has 0 heterocycles. The lowest BCUT2D eigenvalue weighted by Gasteiger charge is -2.16. The Hall–Kier alpha value is -1.06. The van der Waals surface area contributed by atoms with Crippen LogP contribution in [0.1, 0.15) is 78.1 Å². The molecule has 4 nitrogen and oxygen atoms in total. The lowest BCUT2D eigenvalue weighted by Crippen LogP contribution is -2.10. The van der Waals surface area contributed by atoms with Crippen molar-refractivity contribution in [2.75, 3.05) is 0 Å². The van der Waals surface area contributed by atoms with Gasteiger partial charge >= 0.3 is 11.9 Å². The van der Waals surface area contributed by atoms with Crippen LogP contribution in [0.4, 0.5) is 0 Å². The SMILES string of the molecule is CC(C)CC(CCCCCCCCC(=O)O)CC(=O)O. The number of carboxylic acid groups (broad SMARTS) is 2. The molecular formula is C16H30O4. The third-order valence-corrected chi connectivity index (χ3v) is 3.52. The first-order chi connectivity index (χ1) is 9.41. The maximum Gasteiger partial charge on any atom is 0.303 e. The maximum absolute atomic E-state index is 10.8. The fourth-order valence-electron chi connectivity index (χ4n) is 2.63. The summed E-state index contributed by atoms with van der Waals surface area (Å²) in [5.74, 6) is -0.547. The van der Waals surface area contributed by atoms with Crippen LogP contribution in [0.2, 0.25) is 0 Å². The first-order valence-electron chi connectivity index (χ1n) is 7.85. The van der Waals surface area contributed by atoms with Gasteiger partial charge in [0.2, 0.25) is 0 Å². The highest BCUT2D eigenvalue weighted by molar-refractivity contribution is 5.67. The summed E-state index contributed by atoms with van der Waals surface area (Å²) in [4.78, 5) is 21.1. The second-order valence-corrected chi connectivity index (χ2v) is 6.15. The van der Waals surface area contributed by atoms with Crippen LogP contribution in [-0.2, 0) is 9.59 Å². The van der Waals surface area contributed by atoms with E-state index in [0.717, 1.165) is 51.4 Å². The van der Waals surface area contributed by atoms with Crippen molar-refractivity contribution in [2.24, 2.45) is 11.8 Å². The number of carboxylic acids is 2. The fraction of sp³-hybridized carbons (Fsp3) is 0.875. The van der Waals surface area contributed by atoms with Gasteiger partial charge in [-0.15, -0.1) is 0 Å². The van der Waals surface area contributed by atoms with Crippen LogP contribution < -0.4 is 0 Å². The molecule has 0 saturated heterocycles. The van der Waals surface area contributed by atoms with E-state index in [2.05, 4.69) is 13.8 Å². The fourth-order valence-corrected chi connectivity index (χ4v) is 2.63. The molecule has 1 atom stereocenters. The number of hydrogen-bond donors (Lipinski definition) is 2. The normalized spacial score (nSPS) is 12.6. The van der Waals surface area contributed by atoms with E-state index in [9.17, 15) is 9.59 Å². The summed E-state index contributed by atoms with van der Waals surface area (Å²) in [6.45, 7) is 4.27. The van der Waals surface area contributed by atoms with E-state index in [4.69, 9.17) is 10.2 Å². The van der Waals surface area contributed by atoms with E-state index >= 15 is 0 Å². The van der Waals surface area contributed by atoms with Crippen molar-refractivity contribution < 1.29 is 19.8 Å². The van der Waals surface area contributed by atoms with Crippen LogP contribution in [-0.4, -0.2) is 22.2 Å². The molecule has 0 saturated carbocycles. The van der Waals surface area contributed by atoms with Crippen molar-refractivity contribution in [1.29, 1.82) is 0 Å².